The Morgan fingerprint density at radius 1 is 1.65 bits per heavy atom. The molecular weight excluding hydrogens is 216 g/mol. The Labute approximate surface area is 102 Å². The van der Waals surface area contributed by atoms with Gasteiger partial charge in [-0.25, -0.2) is 0 Å². The summed E-state index contributed by atoms with van der Waals surface area (Å²) in [4.78, 5) is 11.9. The van der Waals surface area contributed by atoms with Crippen molar-refractivity contribution in [3.63, 3.8) is 0 Å². The molecule has 0 aromatic carbocycles. The van der Waals surface area contributed by atoms with Gasteiger partial charge in [-0.2, -0.15) is 5.10 Å². The molecule has 1 saturated heterocycles. The molecule has 2 N–H and O–H groups in total. The van der Waals surface area contributed by atoms with Crippen molar-refractivity contribution in [2.24, 2.45) is 18.9 Å². The Morgan fingerprint density at radius 2 is 2.47 bits per heavy atom. The van der Waals surface area contributed by atoms with Gasteiger partial charge in [-0.1, -0.05) is 6.92 Å². The third-order valence-electron chi connectivity index (χ3n) is 3.33. The molecule has 0 radical (unpaired) electrons. The van der Waals surface area contributed by atoms with Crippen molar-refractivity contribution in [3.05, 3.63) is 18.0 Å². The van der Waals surface area contributed by atoms with Crippen molar-refractivity contribution in [2.75, 3.05) is 19.6 Å². The van der Waals surface area contributed by atoms with Gasteiger partial charge in [-0.05, 0) is 24.4 Å². The molecule has 94 valence electrons. The summed E-state index contributed by atoms with van der Waals surface area (Å²) in [5, 5.41) is 10.3. The Kier molecular flexibility index (Phi) is 3.78. The molecule has 5 heteroatoms. The van der Waals surface area contributed by atoms with Crippen molar-refractivity contribution >= 4 is 5.91 Å². The van der Waals surface area contributed by atoms with Gasteiger partial charge in [-0.15, -0.1) is 0 Å². The van der Waals surface area contributed by atoms with E-state index in [0.29, 0.717) is 12.5 Å². The first-order valence-electron chi connectivity index (χ1n) is 6.13. The summed E-state index contributed by atoms with van der Waals surface area (Å²) in [6, 6.07) is 0. The molecule has 2 atom stereocenters. The fraction of sp³-hybridized carbons (Fsp3) is 0.667. The molecule has 1 aromatic rings. The molecule has 1 amide bonds. The van der Waals surface area contributed by atoms with Crippen LogP contribution in [0.5, 0.6) is 0 Å². The molecule has 0 aliphatic carbocycles. The van der Waals surface area contributed by atoms with E-state index in [4.69, 9.17) is 0 Å². The Hall–Kier alpha value is -1.36. The Balaban J connectivity index is 1.73. The zero-order chi connectivity index (χ0) is 12.3. The lowest BCUT2D eigenvalue weighted by Gasteiger charge is -2.13. The first-order valence-corrected chi connectivity index (χ1v) is 6.13. The third kappa shape index (κ3) is 3.06. The number of hydrogen-bond donors (Lipinski definition) is 2. The van der Waals surface area contributed by atoms with E-state index in [9.17, 15) is 4.79 Å². The minimum atomic E-state index is 0.129. The van der Waals surface area contributed by atoms with Crippen LogP contribution in [0.3, 0.4) is 0 Å². The van der Waals surface area contributed by atoms with Gasteiger partial charge in [0, 0.05) is 26.3 Å². The number of aromatic nitrogens is 2. The molecule has 1 aliphatic heterocycles. The fourth-order valence-electron chi connectivity index (χ4n) is 2.22. The third-order valence-corrected chi connectivity index (χ3v) is 3.33. The smallest absolute Gasteiger partial charge is 0.224 e. The van der Waals surface area contributed by atoms with Gasteiger partial charge < -0.3 is 10.6 Å². The lowest BCUT2D eigenvalue weighted by atomic mass is 9.97. The highest BCUT2D eigenvalue weighted by molar-refractivity contribution is 5.79. The first-order chi connectivity index (χ1) is 8.16. The minimum Gasteiger partial charge on any atom is -0.355 e. The molecule has 1 aliphatic rings. The highest BCUT2D eigenvalue weighted by Gasteiger charge is 2.28. The van der Waals surface area contributed by atoms with Gasteiger partial charge in [0.1, 0.15) is 0 Å². The molecular formula is C12H20N4O. The van der Waals surface area contributed by atoms with Crippen LogP contribution in [0.1, 0.15) is 12.5 Å². The van der Waals surface area contributed by atoms with Gasteiger partial charge in [-0.3, -0.25) is 9.48 Å². The number of aryl methyl sites for hydroxylation is 1. The van der Waals surface area contributed by atoms with Crippen molar-refractivity contribution in [1.82, 2.24) is 20.4 Å². The number of nitrogens with one attached hydrogen (secondary N) is 2. The molecule has 2 heterocycles. The summed E-state index contributed by atoms with van der Waals surface area (Å²) < 4.78 is 1.78. The Bertz CT molecular complexity index is 388. The van der Waals surface area contributed by atoms with E-state index in [-0.39, 0.29) is 11.8 Å². The van der Waals surface area contributed by atoms with E-state index in [1.807, 2.05) is 19.4 Å². The van der Waals surface area contributed by atoms with Crippen molar-refractivity contribution in [2.45, 2.75) is 13.3 Å². The molecule has 0 unspecified atom stereocenters. The average Bonchev–Trinajstić information content (AvgIpc) is 2.87. The zero-order valence-electron chi connectivity index (χ0n) is 10.4. The summed E-state index contributed by atoms with van der Waals surface area (Å²) in [6.07, 6.45) is 4.66. The van der Waals surface area contributed by atoms with Crippen LogP contribution in [0, 0.1) is 11.8 Å². The molecule has 1 fully saturated rings. The van der Waals surface area contributed by atoms with Gasteiger partial charge in [0.2, 0.25) is 5.91 Å². The average molecular weight is 236 g/mol. The van der Waals surface area contributed by atoms with Gasteiger partial charge in [0.25, 0.3) is 0 Å². The van der Waals surface area contributed by atoms with Crippen molar-refractivity contribution in [1.29, 1.82) is 0 Å². The monoisotopic (exact) mass is 236 g/mol. The van der Waals surface area contributed by atoms with E-state index in [1.165, 1.54) is 0 Å². The van der Waals surface area contributed by atoms with Crippen LogP contribution in [0.25, 0.3) is 0 Å². The number of carbonyl (C=O) groups excluding carboxylic acids is 1. The molecule has 1 aromatic heterocycles. The number of hydrogen-bond acceptors (Lipinski definition) is 3. The molecule has 0 bridgehead atoms. The molecule has 0 spiro atoms. The zero-order valence-corrected chi connectivity index (χ0v) is 10.4. The van der Waals surface area contributed by atoms with E-state index < -0.39 is 0 Å². The summed E-state index contributed by atoms with van der Waals surface area (Å²) in [6.45, 7) is 4.56. The van der Waals surface area contributed by atoms with Gasteiger partial charge in [0.05, 0.1) is 12.1 Å². The summed E-state index contributed by atoms with van der Waals surface area (Å²) in [5.41, 5.74) is 1.16. The number of carbonyl (C=O) groups is 1. The van der Waals surface area contributed by atoms with Crippen LogP contribution in [0.15, 0.2) is 12.4 Å². The maximum atomic E-state index is 11.9. The number of amides is 1. The van der Waals surface area contributed by atoms with Crippen molar-refractivity contribution < 1.29 is 4.79 Å². The van der Waals surface area contributed by atoms with Gasteiger partial charge in [0.15, 0.2) is 0 Å². The largest absolute Gasteiger partial charge is 0.355 e. The van der Waals surface area contributed by atoms with E-state index in [1.54, 1.807) is 4.68 Å². The Morgan fingerprint density at radius 3 is 3.06 bits per heavy atom. The van der Waals surface area contributed by atoms with Crippen LogP contribution in [-0.4, -0.2) is 35.3 Å². The van der Waals surface area contributed by atoms with Gasteiger partial charge >= 0.3 is 0 Å². The second kappa shape index (κ2) is 5.31. The van der Waals surface area contributed by atoms with Crippen molar-refractivity contribution in [3.8, 4) is 0 Å². The standard InChI is InChI=1S/C12H20N4O/c1-9-5-13-7-11(9)12(17)14-4-3-10-6-15-16(2)8-10/h6,8-9,11,13H,3-5,7H2,1-2H3,(H,14,17)/t9-,11-/m1/s1. The lowest BCUT2D eigenvalue weighted by Crippen LogP contribution is -2.35. The molecule has 0 saturated carbocycles. The minimum absolute atomic E-state index is 0.129. The predicted octanol–water partition coefficient (Wildman–Crippen LogP) is -0.0657. The maximum Gasteiger partial charge on any atom is 0.224 e. The highest BCUT2D eigenvalue weighted by atomic mass is 16.1. The number of nitrogens with zero attached hydrogens (tertiary/aromatic N) is 2. The quantitative estimate of drug-likeness (QED) is 0.769. The van der Waals surface area contributed by atoms with Crippen LogP contribution < -0.4 is 10.6 Å². The first kappa shape index (κ1) is 12.1. The maximum absolute atomic E-state index is 11.9. The van der Waals surface area contributed by atoms with E-state index in [2.05, 4.69) is 22.7 Å². The second-order valence-electron chi connectivity index (χ2n) is 4.81. The van der Waals surface area contributed by atoms with Crippen LogP contribution in [-0.2, 0) is 18.3 Å². The summed E-state index contributed by atoms with van der Waals surface area (Å²) in [5.74, 6) is 0.740. The second-order valence-corrected chi connectivity index (χ2v) is 4.81. The number of rotatable bonds is 4. The summed E-state index contributed by atoms with van der Waals surface area (Å²) >= 11 is 0. The van der Waals surface area contributed by atoms with Crippen LogP contribution in [0.2, 0.25) is 0 Å². The normalized spacial score (nSPS) is 23.9. The lowest BCUT2D eigenvalue weighted by molar-refractivity contribution is -0.125. The fourth-order valence-corrected chi connectivity index (χ4v) is 2.22. The summed E-state index contributed by atoms with van der Waals surface area (Å²) in [7, 11) is 1.90. The molecule has 17 heavy (non-hydrogen) atoms. The molecule has 2 rings (SSSR count). The molecule has 5 nitrogen and oxygen atoms in total. The highest BCUT2D eigenvalue weighted by Crippen LogP contribution is 2.15. The van der Waals surface area contributed by atoms with Crippen LogP contribution in [0.4, 0.5) is 0 Å². The topological polar surface area (TPSA) is 59.0 Å². The predicted molar refractivity (Wildman–Crippen MR) is 65.4 cm³/mol. The van der Waals surface area contributed by atoms with E-state index >= 15 is 0 Å². The SMILES string of the molecule is C[C@@H]1CNC[C@H]1C(=O)NCCc1cnn(C)c1. The van der Waals surface area contributed by atoms with Crippen LogP contribution >= 0.6 is 0 Å². The van der Waals surface area contributed by atoms with E-state index in [0.717, 1.165) is 25.1 Å².